The monoisotopic (exact) mass is 325 g/mol. The highest BCUT2D eigenvalue weighted by Gasteiger charge is 2.05. The minimum atomic E-state index is 0.436. The first-order valence-electron chi connectivity index (χ1n) is 7.17. The molecule has 0 aliphatic carbocycles. The summed E-state index contributed by atoms with van der Waals surface area (Å²) in [4.78, 5) is 4.42. The molecule has 0 spiro atoms. The van der Waals surface area contributed by atoms with Gasteiger partial charge in [0.1, 0.15) is 0 Å². The molecule has 0 saturated carbocycles. The average Bonchev–Trinajstić information content (AvgIpc) is 2.52. The summed E-state index contributed by atoms with van der Waals surface area (Å²) in [5.41, 5.74) is 4.17. The molecule has 0 aliphatic rings. The smallest absolute Gasteiger partial charge is 0.249 e. The van der Waals surface area contributed by atoms with E-state index in [-0.39, 0.29) is 0 Å². The van der Waals surface area contributed by atoms with E-state index in [1.54, 1.807) is 6.20 Å². The number of aryl methyl sites for hydroxylation is 1. The van der Waals surface area contributed by atoms with Gasteiger partial charge in [-0.3, -0.25) is 0 Å². The Kier molecular flexibility index (Phi) is 4.39. The SMILES string of the molecule is Cc1cccc(Nc2nncc(Nc3cccc(Cl)c3)n2)c1C. The number of hydrogen-bond acceptors (Lipinski definition) is 5. The molecule has 6 heteroatoms. The van der Waals surface area contributed by atoms with E-state index in [4.69, 9.17) is 11.6 Å². The van der Waals surface area contributed by atoms with Crippen molar-refractivity contribution in [2.45, 2.75) is 13.8 Å². The van der Waals surface area contributed by atoms with Gasteiger partial charge in [-0.2, -0.15) is 10.1 Å². The van der Waals surface area contributed by atoms with Crippen LogP contribution >= 0.6 is 11.6 Å². The maximum absolute atomic E-state index is 5.98. The van der Waals surface area contributed by atoms with E-state index in [9.17, 15) is 0 Å². The Morgan fingerprint density at radius 3 is 2.65 bits per heavy atom. The molecule has 3 rings (SSSR count). The molecule has 0 aliphatic heterocycles. The fourth-order valence-corrected chi connectivity index (χ4v) is 2.33. The van der Waals surface area contributed by atoms with Crippen LogP contribution in [0, 0.1) is 13.8 Å². The van der Waals surface area contributed by atoms with Gasteiger partial charge in [-0.1, -0.05) is 29.8 Å². The van der Waals surface area contributed by atoms with Crippen LogP contribution in [0.3, 0.4) is 0 Å². The van der Waals surface area contributed by atoms with E-state index >= 15 is 0 Å². The number of anilines is 4. The van der Waals surface area contributed by atoms with Crippen LogP contribution in [0.2, 0.25) is 5.02 Å². The second-order valence-electron chi connectivity index (χ2n) is 5.17. The molecule has 0 atom stereocenters. The summed E-state index contributed by atoms with van der Waals surface area (Å²) in [6.07, 6.45) is 1.56. The predicted molar refractivity (Wildman–Crippen MR) is 93.8 cm³/mol. The van der Waals surface area contributed by atoms with Crippen LogP contribution in [-0.2, 0) is 0 Å². The van der Waals surface area contributed by atoms with Crippen molar-refractivity contribution in [1.29, 1.82) is 0 Å². The lowest BCUT2D eigenvalue weighted by Crippen LogP contribution is -2.03. The molecule has 23 heavy (non-hydrogen) atoms. The molecular weight excluding hydrogens is 310 g/mol. The molecular formula is C17H16ClN5. The van der Waals surface area contributed by atoms with Gasteiger partial charge in [0.25, 0.3) is 0 Å². The highest BCUT2D eigenvalue weighted by molar-refractivity contribution is 6.30. The maximum atomic E-state index is 5.98. The Bertz CT molecular complexity index is 835. The summed E-state index contributed by atoms with van der Waals surface area (Å²) in [6, 6.07) is 13.5. The van der Waals surface area contributed by atoms with Crippen LogP contribution in [0.4, 0.5) is 23.1 Å². The lowest BCUT2D eigenvalue weighted by molar-refractivity contribution is 0.981. The zero-order valence-electron chi connectivity index (χ0n) is 12.8. The molecule has 2 aromatic carbocycles. The molecule has 0 bridgehead atoms. The van der Waals surface area contributed by atoms with Crippen LogP contribution in [0.5, 0.6) is 0 Å². The van der Waals surface area contributed by atoms with E-state index < -0.39 is 0 Å². The Morgan fingerprint density at radius 2 is 1.83 bits per heavy atom. The third-order valence-corrected chi connectivity index (χ3v) is 3.74. The third-order valence-electron chi connectivity index (χ3n) is 3.51. The van der Waals surface area contributed by atoms with Crippen molar-refractivity contribution in [2.75, 3.05) is 10.6 Å². The minimum Gasteiger partial charge on any atom is -0.339 e. The van der Waals surface area contributed by atoms with Crippen LogP contribution in [0.25, 0.3) is 0 Å². The number of rotatable bonds is 4. The summed E-state index contributed by atoms with van der Waals surface area (Å²) in [5.74, 6) is 1.03. The van der Waals surface area contributed by atoms with E-state index in [0.717, 1.165) is 16.9 Å². The number of aromatic nitrogens is 3. The van der Waals surface area contributed by atoms with Gasteiger partial charge in [-0.15, -0.1) is 5.10 Å². The fourth-order valence-electron chi connectivity index (χ4n) is 2.14. The van der Waals surface area contributed by atoms with Crippen LogP contribution < -0.4 is 10.6 Å². The Morgan fingerprint density at radius 1 is 1.00 bits per heavy atom. The Hall–Kier alpha value is -2.66. The highest BCUT2D eigenvalue weighted by Crippen LogP contribution is 2.22. The highest BCUT2D eigenvalue weighted by atomic mass is 35.5. The molecule has 0 amide bonds. The number of benzene rings is 2. The topological polar surface area (TPSA) is 62.7 Å². The quantitative estimate of drug-likeness (QED) is 0.732. The lowest BCUT2D eigenvalue weighted by atomic mass is 10.1. The first-order valence-corrected chi connectivity index (χ1v) is 7.55. The van der Waals surface area contributed by atoms with Gasteiger partial charge in [0.15, 0.2) is 5.82 Å². The van der Waals surface area contributed by atoms with Gasteiger partial charge >= 0.3 is 0 Å². The molecule has 0 fully saturated rings. The summed E-state index contributed by atoms with van der Waals surface area (Å²) in [6.45, 7) is 4.12. The molecule has 0 saturated heterocycles. The van der Waals surface area contributed by atoms with E-state index in [2.05, 4.69) is 45.7 Å². The van der Waals surface area contributed by atoms with E-state index in [1.165, 1.54) is 5.56 Å². The van der Waals surface area contributed by atoms with Crippen LogP contribution in [0.15, 0.2) is 48.7 Å². The molecule has 3 aromatic rings. The van der Waals surface area contributed by atoms with Gasteiger partial charge < -0.3 is 10.6 Å². The average molecular weight is 326 g/mol. The van der Waals surface area contributed by atoms with Crippen molar-refractivity contribution in [3.05, 3.63) is 64.8 Å². The Labute approximate surface area is 139 Å². The third kappa shape index (κ3) is 3.76. The molecule has 1 aromatic heterocycles. The number of halogens is 1. The van der Waals surface area contributed by atoms with Crippen molar-refractivity contribution in [3.63, 3.8) is 0 Å². The number of hydrogen-bond donors (Lipinski definition) is 2. The summed E-state index contributed by atoms with van der Waals surface area (Å²) < 4.78 is 0. The van der Waals surface area contributed by atoms with Crippen LogP contribution in [-0.4, -0.2) is 15.2 Å². The fraction of sp³-hybridized carbons (Fsp3) is 0.118. The van der Waals surface area contributed by atoms with Crippen LogP contribution in [0.1, 0.15) is 11.1 Å². The number of nitrogens with one attached hydrogen (secondary N) is 2. The first-order chi connectivity index (χ1) is 11.1. The van der Waals surface area contributed by atoms with E-state index in [1.807, 2.05) is 36.4 Å². The second kappa shape index (κ2) is 6.62. The minimum absolute atomic E-state index is 0.436. The largest absolute Gasteiger partial charge is 0.339 e. The summed E-state index contributed by atoms with van der Waals surface area (Å²) in [5, 5.41) is 15.0. The van der Waals surface area contributed by atoms with Crippen molar-refractivity contribution < 1.29 is 0 Å². The molecule has 5 nitrogen and oxygen atoms in total. The van der Waals surface area contributed by atoms with Crippen molar-refractivity contribution >= 4 is 34.7 Å². The normalized spacial score (nSPS) is 10.4. The molecule has 0 unspecified atom stereocenters. The maximum Gasteiger partial charge on any atom is 0.249 e. The summed E-state index contributed by atoms with van der Waals surface area (Å²) >= 11 is 5.98. The zero-order valence-corrected chi connectivity index (χ0v) is 13.6. The van der Waals surface area contributed by atoms with E-state index in [0.29, 0.717) is 16.8 Å². The van der Waals surface area contributed by atoms with Gasteiger partial charge in [-0.25, -0.2) is 0 Å². The number of nitrogens with zero attached hydrogens (tertiary/aromatic N) is 3. The second-order valence-corrected chi connectivity index (χ2v) is 5.61. The zero-order chi connectivity index (χ0) is 16.2. The van der Waals surface area contributed by atoms with Gasteiger partial charge in [-0.05, 0) is 49.2 Å². The Balaban J connectivity index is 1.81. The molecule has 116 valence electrons. The first kappa shape index (κ1) is 15.2. The van der Waals surface area contributed by atoms with Gasteiger partial charge in [0.05, 0.1) is 6.20 Å². The van der Waals surface area contributed by atoms with Crippen molar-refractivity contribution in [1.82, 2.24) is 15.2 Å². The standard InChI is InChI=1S/C17H16ClN5/c1-11-5-3-8-15(12(11)2)21-17-22-16(10-19-23-17)20-14-7-4-6-13(18)9-14/h3-10H,1-2H3,(H2,20,21,22,23). The molecule has 1 heterocycles. The summed E-state index contributed by atoms with van der Waals surface area (Å²) in [7, 11) is 0. The molecule has 2 N–H and O–H groups in total. The van der Waals surface area contributed by atoms with Crippen molar-refractivity contribution in [3.8, 4) is 0 Å². The van der Waals surface area contributed by atoms with Gasteiger partial charge in [0, 0.05) is 16.4 Å². The lowest BCUT2D eigenvalue weighted by Gasteiger charge is -2.11. The van der Waals surface area contributed by atoms with Gasteiger partial charge in [0.2, 0.25) is 5.95 Å². The predicted octanol–water partition coefficient (Wildman–Crippen LogP) is 4.63. The van der Waals surface area contributed by atoms with Crippen molar-refractivity contribution in [2.24, 2.45) is 0 Å². The molecule has 0 radical (unpaired) electrons.